The van der Waals surface area contributed by atoms with Crippen LogP contribution >= 0.6 is 0 Å². The highest BCUT2D eigenvalue weighted by Gasteiger charge is 2.25. The van der Waals surface area contributed by atoms with Crippen LogP contribution in [0, 0.1) is 24.4 Å². The highest BCUT2D eigenvalue weighted by atomic mass is 19.1. The van der Waals surface area contributed by atoms with Crippen LogP contribution in [-0.2, 0) is 11.2 Å². The summed E-state index contributed by atoms with van der Waals surface area (Å²) in [5.74, 6) is -6.58. The van der Waals surface area contributed by atoms with Gasteiger partial charge in [0.25, 0.3) is 5.91 Å². The van der Waals surface area contributed by atoms with Crippen molar-refractivity contribution in [1.82, 2.24) is 5.32 Å². The summed E-state index contributed by atoms with van der Waals surface area (Å²) in [6, 6.07) is 6.28. The number of halogens is 3. The van der Waals surface area contributed by atoms with Gasteiger partial charge in [0.2, 0.25) is 0 Å². The van der Waals surface area contributed by atoms with Gasteiger partial charge < -0.3 is 10.4 Å². The lowest BCUT2D eigenvalue weighted by Crippen LogP contribution is -2.43. The molecule has 4 nitrogen and oxygen atoms in total. The molecule has 1 atom stereocenters. The van der Waals surface area contributed by atoms with Crippen molar-refractivity contribution in [2.75, 3.05) is 0 Å². The molecular formula is C17H14F3NO3. The number of carboxylic acids is 1. The Morgan fingerprint density at radius 1 is 1.12 bits per heavy atom. The molecule has 0 saturated carbocycles. The first-order valence-corrected chi connectivity index (χ1v) is 7.02. The Bertz CT molecular complexity index is 769. The van der Waals surface area contributed by atoms with Gasteiger partial charge >= 0.3 is 5.97 Å². The summed E-state index contributed by atoms with van der Waals surface area (Å²) in [5, 5.41) is 11.3. The van der Waals surface area contributed by atoms with Crippen molar-refractivity contribution in [3.05, 3.63) is 70.5 Å². The van der Waals surface area contributed by atoms with Gasteiger partial charge in [0.05, 0.1) is 0 Å². The molecule has 0 fully saturated rings. The summed E-state index contributed by atoms with van der Waals surface area (Å²) >= 11 is 0. The van der Waals surface area contributed by atoms with Crippen molar-refractivity contribution in [1.29, 1.82) is 0 Å². The lowest BCUT2D eigenvalue weighted by molar-refractivity contribution is -0.139. The molecule has 2 N–H and O–H groups in total. The van der Waals surface area contributed by atoms with Gasteiger partial charge in [-0.15, -0.1) is 0 Å². The number of benzene rings is 2. The second-order valence-corrected chi connectivity index (χ2v) is 5.24. The van der Waals surface area contributed by atoms with Crippen LogP contribution in [0.25, 0.3) is 0 Å². The lowest BCUT2D eigenvalue weighted by Gasteiger charge is -2.16. The number of amides is 1. The number of rotatable bonds is 5. The third kappa shape index (κ3) is 3.92. The van der Waals surface area contributed by atoms with Crippen molar-refractivity contribution in [3.8, 4) is 0 Å². The van der Waals surface area contributed by atoms with Crippen molar-refractivity contribution < 1.29 is 27.9 Å². The fourth-order valence-electron chi connectivity index (χ4n) is 2.25. The molecule has 0 radical (unpaired) electrons. The van der Waals surface area contributed by atoms with Gasteiger partial charge in [0.15, 0.2) is 0 Å². The number of carbonyl (C=O) groups is 2. The van der Waals surface area contributed by atoms with Gasteiger partial charge in [-0.25, -0.2) is 18.0 Å². The van der Waals surface area contributed by atoms with E-state index >= 15 is 0 Å². The molecule has 2 aromatic carbocycles. The summed E-state index contributed by atoms with van der Waals surface area (Å²) in [4.78, 5) is 23.4. The molecule has 0 aliphatic rings. The van der Waals surface area contributed by atoms with E-state index in [1.807, 2.05) is 0 Å². The molecule has 0 saturated heterocycles. The molecule has 2 rings (SSSR count). The maximum atomic E-state index is 13.6. The Kier molecular flexibility index (Phi) is 5.23. The van der Waals surface area contributed by atoms with Crippen molar-refractivity contribution in [2.24, 2.45) is 0 Å². The predicted octanol–water partition coefficient (Wildman–Crippen LogP) is 2.84. The average Bonchev–Trinajstić information content (AvgIpc) is 2.47. The maximum absolute atomic E-state index is 13.6. The number of aryl methyl sites for hydroxylation is 1. The number of hydrogen-bond donors (Lipinski definition) is 2. The van der Waals surface area contributed by atoms with E-state index in [0.29, 0.717) is 17.7 Å². The molecule has 0 heterocycles. The average molecular weight is 337 g/mol. The van der Waals surface area contributed by atoms with Crippen LogP contribution in [0.1, 0.15) is 21.5 Å². The highest BCUT2D eigenvalue weighted by Crippen LogP contribution is 2.16. The van der Waals surface area contributed by atoms with Crippen LogP contribution in [0.3, 0.4) is 0 Å². The van der Waals surface area contributed by atoms with Gasteiger partial charge in [-0.1, -0.05) is 24.3 Å². The predicted molar refractivity (Wildman–Crippen MR) is 80.1 cm³/mol. The van der Waals surface area contributed by atoms with Gasteiger partial charge in [-0.05, 0) is 18.1 Å². The van der Waals surface area contributed by atoms with E-state index in [4.69, 9.17) is 0 Å². The molecule has 126 valence electrons. The SMILES string of the molecule is Cc1ccccc1C[C@@H](NC(=O)c1c(F)cc(F)cc1F)C(=O)O. The van der Waals surface area contributed by atoms with Crippen molar-refractivity contribution in [3.63, 3.8) is 0 Å². The Balaban J connectivity index is 2.24. The summed E-state index contributed by atoms with van der Waals surface area (Å²) in [5.41, 5.74) is 0.467. The molecule has 0 aromatic heterocycles. The van der Waals surface area contributed by atoms with Crippen molar-refractivity contribution in [2.45, 2.75) is 19.4 Å². The van der Waals surface area contributed by atoms with Crippen LogP contribution in [0.2, 0.25) is 0 Å². The van der Waals surface area contributed by atoms with Gasteiger partial charge in [0, 0.05) is 18.6 Å². The zero-order chi connectivity index (χ0) is 17.9. The molecule has 1 amide bonds. The maximum Gasteiger partial charge on any atom is 0.326 e. The fraction of sp³-hybridized carbons (Fsp3) is 0.176. The largest absolute Gasteiger partial charge is 0.480 e. The van der Waals surface area contributed by atoms with Gasteiger partial charge in [-0.3, -0.25) is 4.79 Å². The summed E-state index contributed by atoms with van der Waals surface area (Å²) in [6.07, 6.45) is -0.0574. The topological polar surface area (TPSA) is 66.4 Å². The monoisotopic (exact) mass is 337 g/mol. The third-order valence-corrected chi connectivity index (χ3v) is 3.52. The first kappa shape index (κ1) is 17.5. The number of aliphatic carboxylic acids is 1. The molecule has 24 heavy (non-hydrogen) atoms. The quantitative estimate of drug-likeness (QED) is 0.882. The first-order chi connectivity index (χ1) is 11.3. The van der Waals surface area contributed by atoms with E-state index in [1.54, 1.807) is 31.2 Å². The molecule has 2 aromatic rings. The van der Waals surface area contributed by atoms with Crippen LogP contribution in [-0.4, -0.2) is 23.0 Å². The van der Waals surface area contributed by atoms with E-state index in [-0.39, 0.29) is 6.42 Å². The minimum absolute atomic E-state index is 0.0574. The normalized spacial score (nSPS) is 11.8. The number of carboxylic acid groups (broad SMARTS) is 1. The molecular weight excluding hydrogens is 323 g/mol. The van der Waals surface area contributed by atoms with Gasteiger partial charge in [-0.2, -0.15) is 0 Å². The van der Waals surface area contributed by atoms with Crippen molar-refractivity contribution >= 4 is 11.9 Å². The van der Waals surface area contributed by atoms with Crippen LogP contribution in [0.15, 0.2) is 36.4 Å². The Hall–Kier alpha value is -2.83. The molecule has 0 bridgehead atoms. The molecule has 7 heteroatoms. The molecule has 0 unspecified atom stereocenters. The second-order valence-electron chi connectivity index (χ2n) is 5.24. The van der Waals surface area contributed by atoms with E-state index in [1.165, 1.54) is 0 Å². The minimum atomic E-state index is -1.40. The van der Waals surface area contributed by atoms with E-state index in [2.05, 4.69) is 5.32 Å². The zero-order valence-electron chi connectivity index (χ0n) is 12.6. The molecule has 0 aliphatic carbocycles. The number of nitrogens with one attached hydrogen (secondary N) is 1. The Labute approximate surface area is 135 Å². The van der Waals surface area contributed by atoms with E-state index in [0.717, 1.165) is 5.56 Å². The van der Waals surface area contributed by atoms with E-state index in [9.17, 15) is 27.9 Å². The number of carbonyl (C=O) groups excluding carboxylic acids is 1. The highest BCUT2D eigenvalue weighted by molar-refractivity contribution is 5.97. The van der Waals surface area contributed by atoms with E-state index < -0.39 is 40.9 Å². The second kappa shape index (κ2) is 7.16. The zero-order valence-corrected chi connectivity index (χ0v) is 12.6. The number of hydrogen-bond acceptors (Lipinski definition) is 2. The summed E-state index contributed by atoms with van der Waals surface area (Å²) in [7, 11) is 0. The fourth-order valence-corrected chi connectivity index (χ4v) is 2.25. The minimum Gasteiger partial charge on any atom is -0.480 e. The van der Waals surface area contributed by atoms with Crippen LogP contribution < -0.4 is 5.32 Å². The Morgan fingerprint density at radius 2 is 1.71 bits per heavy atom. The summed E-state index contributed by atoms with van der Waals surface area (Å²) in [6.45, 7) is 1.77. The molecule has 0 aliphatic heterocycles. The third-order valence-electron chi connectivity index (χ3n) is 3.52. The first-order valence-electron chi connectivity index (χ1n) is 7.02. The Morgan fingerprint density at radius 3 is 2.25 bits per heavy atom. The standard InChI is InChI=1S/C17H14F3NO3/c1-9-4-2-3-5-10(9)6-14(17(23)24)21-16(22)15-12(19)7-11(18)8-13(15)20/h2-5,7-8,14H,6H2,1H3,(H,21,22)(H,23,24)/t14-/m1/s1. The van der Waals surface area contributed by atoms with Gasteiger partial charge in [0.1, 0.15) is 29.1 Å². The molecule has 0 spiro atoms. The lowest BCUT2D eigenvalue weighted by atomic mass is 10.0. The smallest absolute Gasteiger partial charge is 0.326 e. The van der Waals surface area contributed by atoms with Crippen LogP contribution in [0.5, 0.6) is 0 Å². The van der Waals surface area contributed by atoms with Crippen LogP contribution in [0.4, 0.5) is 13.2 Å². The summed E-state index contributed by atoms with van der Waals surface area (Å²) < 4.78 is 40.1.